The van der Waals surface area contributed by atoms with E-state index in [1.54, 1.807) is 6.08 Å². The number of rotatable bonds is 3. The molecule has 3 aliphatic carbocycles. The van der Waals surface area contributed by atoms with Gasteiger partial charge in [-0.1, -0.05) is 12.2 Å². The van der Waals surface area contributed by atoms with Gasteiger partial charge in [-0.25, -0.2) is 0 Å². The molecular formula is C11H12O6. The lowest BCUT2D eigenvalue weighted by atomic mass is 9.50. The summed E-state index contributed by atoms with van der Waals surface area (Å²) in [4.78, 5) is 34.1. The van der Waals surface area contributed by atoms with Crippen molar-refractivity contribution in [1.29, 1.82) is 0 Å². The summed E-state index contributed by atoms with van der Waals surface area (Å²) in [7, 11) is 0. The van der Waals surface area contributed by atoms with Crippen LogP contribution in [-0.2, 0) is 14.4 Å². The summed E-state index contributed by atoms with van der Waals surface area (Å²) in [6.45, 7) is 0. The molecule has 3 N–H and O–H groups in total. The van der Waals surface area contributed by atoms with Gasteiger partial charge in [0.05, 0.1) is 0 Å². The monoisotopic (exact) mass is 240 g/mol. The molecule has 2 unspecified atom stereocenters. The molecule has 92 valence electrons. The van der Waals surface area contributed by atoms with Crippen molar-refractivity contribution in [3.05, 3.63) is 12.2 Å². The SMILES string of the molecule is O=C(O)C12C=CC(CC1)CC2(C(=O)O)C(=O)O. The van der Waals surface area contributed by atoms with E-state index in [0.29, 0.717) is 6.42 Å². The van der Waals surface area contributed by atoms with Crippen LogP contribution >= 0.6 is 0 Å². The molecule has 0 aromatic heterocycles. The van der Waals surface area contributed by atoms with Crippen molar-refractivity contribution in [3.63, 3.8) is 0 Å². The van der Waals surface area contributed by atoms with E-state index < -0.39 is 28.7 Å². The predicted octanol–water partition coefficient (Wildman–Crippen LogP) is 0.583. The molecule has 1 fully saturated rings. The van der Waals surface area contributed by atoms with Gasteiger partial charge >= 0.3 is 17.9 Å². The third kappa shape index (κ3) is 1.18. The molecule has 0 aromatic rings. The van der Waals surface area contributed by atoms with E-state index in [0.717, 1.165) is 0 Å². The van der Waals surface area contributed by atoms with Gasteiger partial charge in [0.15, 0.2) is 5.41 Å². The summed E-state index contributed by atoms with van der Waals surface area (Å²) in [5.74, 6) is -4.68. The summed E-state index contributed by atoms with van der Waals surface area (Å²) in [6, 6.07) is 0. The van der Waals surface area contributed by atoms with E-state index in [1.807, 2.05) is 0 Å². The van der Waals surface area contributed by atoms with Crippen LogP contribution in [0.2, 0.25) is 0 Å². The number of carbonyl (C=O) groups is 3. The van der Waals surface area contributed by atoms with Gasteiger partial charge in [-0.05, 0) is 25.2 Å². The maximum absolute atomic E-state index is 11.4. The van der Waals surface area contributed by atoms with Crippen LogP contribution in [0.4, 0.5) is 0 Å². The Bertz CT molecular complexity index is 423. The van der Waals surface area contributed by atoms with Gasteiger partial charge in [0.1, 0.15) is 5.41 Å². The molecule has 3 aliphatic rings. The van der Waals surface area contributed by atoms with E-state index >= 15 is 0 Å². The molecule has 1 saturated carbocycles. The molecule has 0 aliphatic heterocycles. The highest BCUT2D eigenvalue weighted by Crippen LogP contribution is 2.57. The first-order valence-electron chi connectivity index (χ1n) is 5.26. The third-order valence-corrected chi connectivity index (χ3v) is 4.00. The van der Waals surface area contributed by atoms with Gasteiger partial charge in [0.2, 0.25) is 0 Å². The van der Waals surface area contributed by atoms with Crippen molar-refractivity contribution < 1.29 is 29.7 Å². The van der Waals surface area contributed by atoms with Crippen molar-refractivity contribution in [1.82, 2.24) is 0 Å². The minimum atomic E-state index is -2.24. The van der Waals surface area contributed by atoms with E-state index in [2.05, 4.69) is 0 Å². The van der Waals surface area contributed by atoms with E-state index in [9.17, 15) is 29.7 Å². The molecule has 17 heavy (non-hydrogen) atoms. The summed E-state index contributed by atoms with van der Waals surface area (Å²) in [5.41, 5.74) is -4.06. The predicted molar refractivity (Wildman–Crippen MR) is 54.3 cm³/mol. The molecule has 0 radical (unpaired) electrons. The topological polar surface area (TPSA) is 112 Å². The smallest absolute Gasteiger partial charge is 0.322 e. The zero-order valence-electron chi connectivity index (χ0n) is 8.92. The number of allylic oxidation sites excluding steroid dienone is 1. The normalized spacial score (nSPS) is 33.3. The van der Waals surface area contributed by atoms with Gasteiger partial charge in [-0.2, -0.15) is 0 Å². The Hall–Kier alpha value is -1.85. The van der Waals surface area contributed by atoms with Gasteiger partial charge in [0, 0.05) is 0 Å². The van der Waals surface area contributed by atoms with Gasteiger partial charge in [-0.15, -0.1) is 0 Å². The molecule has 0 saturated heterocycles. The standard InChI is InChI=1S/C11H12O6/c12-7(13)10-3-1-6(2-4-10)5-11(10,8(14)15)9(16)17/h1,3,6H,2,4-5H2,(H,12,13)(H,14,15)(H,16,17). The zero-order chi connectivity index (χ0) is 12.8. The summed E-state index contributed by atoms with van der Waals surface area (Å²) < 4.78 is 0. The first-order valence-corrected chi connectivity index (χ1v) is 5.26. The van der Waals surface area contributed by atoms with E-state index in [1.165, 1.54) is 6.08 Å². The minimum Gasteiger partial charge on any atom is -0.481 e. The lowest BCUT2D eigenvalue weighted by molar-refractivity contribution is -0.189. The lowest BCUT2D eigenvalue weighted by Crippen LogP contribution is -2.61. The fourth-order valence-corrected chi connectivity index (χ4v) is 3.00. The van der Waals surface area contributed by atoms with E-state index in [-0.39, 0.29) is 18.8 Å². The number of carboxylic acids is 3. The highest BCUT2D eigenvalue weighted by atomic mass is 16.4. The molecular weight excluding hydrogens is 228 g/mol. The molecule has 6 heteroatoms. The third-order valence-electron chi connectivity index (χ3n) is 4.00. The fourth-order valence-electron chi connectivity index (χ4n) is 3.00. The van der Waals surface area contributed by atoms with Crippen LogP contribution in [0.25, 0.3) is 0 Å². The second-order valence-corrected chi connectivity index (χ2v) is 4.65. The second-order valence-electron chi connectivity index (χ2n) is 4.65. The quantitative estimate of drug-likeness (QED) is 0.491. The Morgan fingerprint density at radius 1 is 1.06 bits per heavy atom. The van der Waals surface area contributed by atoms with Crippen molar-refractivity contribution >= 4 is 17.9 Å². The Labute approximate surface area is 96.6 Å². The van der Waals surface area contributed by atoms with Gasteiger partial charge in [0.25, 0.3) is 0 Å². The highest BCUT2D eigenvalue weighted by Gasteiger charge is 2.69. The van der Waals surface area contributed by atoms with Crippen LogP contribution in [-0.4, -0.2) is 33.2 Å². The van der Waals surface area contributed by atoms with Crippen LogP contribution in [0.15, 0.2) is 12.2 Å². The fraction of sp³-hybridized carbons (Fsp3) is 0.545. The maximum atomic E-state index is 11.4. The summed E-state index contributed by atoms with van der Waals surface area (Å²) in [5, 5.41) is 27.7. The molecule has 2 atom stereocenters. The Morgan fingerprint density at radius 3 is 1.94 bits per heavy atom. The van der Waals surface area contributed by atoms with Gasteiger partial charge < -0.3 is 15.3 Å². The molecule has 0 aromatic carbocycles. The summed E-state index contributed by atoms with van der Waals surface area (Å²) >= 11 is 0. The molecule has 3 rings (SSSR count). The number of carboxylic acid groups (broad SMARTS) is 3. The number of hydrogen-bond donors (Lipinski definition) is 3. The van der Waals surface area contributed by atoms with Crippen LogP contribution in [0.5, 0.6) is 0 Å². The maximum Gasteiger partial charge on any atom is 0.322 e. The van der Waals surface area contributed by atoms with Crippen LogP contribution in [0, 0.1) is 16.7 Å². The van der Waals surface area contributed by atoms with Crippen molar-refractivity contribution in [2.24, 2.45) is 16.7 Å². The molecule has 0 spiro atoms. The number of fused-ring (bicyclic) bond motifs is 2. The van der Waals surface area contributed by atoms with Crippen LogP contribution < -0.4 is 0 Å². The highest BCUT2D eigenvalue weighted by molar-refractivity contribution is 6.05. The molecule has 0 amide bonds. The molecule has 2 bridgehead atoms. The molecule has 0 heterocycles. The average molecular weight is 240 g/mol. The molecule has 6 nitrogen and oxygen atoms in total. The van der Waals surface area contributed by atoms with Crippen molar-refractivity contribution in [3.8, 4) is 0 Å². The Balaban J connectivity index is 2.68. The number of hydrogen-bond acceptors (Lipinski definition) is 3. The lowest BCUT2D eigenvalue weighted by Gasteiger charge is -2.49. The number of aliphatic carboxylic acids is 3. The Morgan fingerprint density at radius 2 is 1.65 bits per heavy atom. The second kappa shape index (κ2) is 3.32. The average Bonchev–Trinajstić information content (AvgIpc) is 2.29. The first-order chi connectivity index (χ1) is 7.87. The van der Waals surface area contributed by atoms with E-state index in [4.69, 9.17) is 0 Å². The van der Waals surface area contributed by atoms with Crippen LogP contribution in [0.3, 0.4) is 0 Å². The van der Waals surface area contributed by atoms with Crippen molar-refractivity contribution in [2.75, 3.05) is 0 Å². The minimum absolute atomic E-state index is 0.0576. The van der Waals surface area contributed by atoms with Crippen LogP contribution in [0.1, 0.15) is 19.3 Å². The summed E-state index contributed by atoms with van der Waals surface area (Å²) in [6.07, 6.45) is 3.31. The van der Waals surface area contributed by atoms with Gasteiger partial charge in [-0.3, -0.25) is 14.4 Å². The van der Waals surface area contributed by atoms with Crippen molar-refractivity contribution in [2.45, 2.75) is 19.3 Å². The largest absolute Gasteiger partial charge is 0.481 e. The Kier molecular flexibility index (Phi) is 2.27. The first kappa shape index (κ1) is 11.6. The zero-order valence-corrected chi connectivity index (χ0v) is 8.92.